The second kappa shape index (κ2) is 6.96. The summed E-state index contributed by atoms with van der Waals surface area (Å²) in [4.78, 5) is 20.7. The van der Waals surface area contributed by atoms with Crippen LogP contribution in [0, 0.1) is 6.92 Å². The van der Waals surface area contributed by atoms with Crippen molar-refractivity contribution in [2.24, 2.45) is 0 Å². The van der Waals surface area contributed by atoms with Gasteiger partial charge in [0.1, 0.15) is 5.69 Å². The molecule has 2 N–H and O–H groups in total. The summed E-state index contributed by atoms with van der Waals surface area (Å²) in [5.41, 5.74) is 2.16. The predicted molar refractivity (Wildman–Crippen MR) is 91.2 cm³/mol. The molecule has 0 radical (unpaired) electrons. The third-order valence-electron chi connectivity index (χ3n) is 4.01. The first-order valence-corrected chi connectivity index (χ1v) is 8.17. The molecule has 5 nitrogen and oxygen atoms in total. The van der Waals surface area contributed by atoms with E-state index in [1.807, 2.05) is 25.1 Å². The monoisotopic (exact) mass is 330 g/mol. The largest absolute Gasteiger partial charge is 0.348 e. The maximum atomic E-state index is 12.3. The average Bonchev–Trinajstić information content (AvgIpc) is 3.04. The van der Waals surface area contributed by atoms with E-state index in [2.05, 4.69) is 20.6 Å². The summed E-state index contributed by atoms with van der Waals surface area (Å²) < 4.78 is 0. The SMILES string of the molecule is Cc1ccc(Nc2nccc(C(=O)NC3CCCC3)n2)cc1Cl. The minimum atomic E-state index is -0.149. The van der Waals surface area contributed by atoms with E-state index in [0.717, 1.165) is 24.1 Å². The maximum absolute atomic E-state index is 12.3. The van der Waals surface area contributed by atoms with Gasteiger partial charge in [-0.25, -0.2) is 9.97 Å². The van der Waals surface area contributed by atoms with E-state index in [4.69, 9.17) is 11.6 Å². The molecule has 23 heavy (non-hydrogen) atoms. The smallest absolute Gasteiger partial charge is 0.270 e. The number of carbonyl (C=O) groups is 1. The van der Waals surface area contributed by atoms with E-state index in [9.17, 15) is 4.79 Å². The van der Waals surface area contributed by atoms with Crippen LogP contribution < -0.4 is 10.6 Å². The fourth-order valence-electron chi connectivity index (χ4n) is 2.67. The molecule has 0 aliphatic heterocycles. The van der Waals surface area contributed by atoms with Crippen LogP contribution in [-0.4, -0.2) is 21.9 Å². The number of aryl methyl sites for hydroxylation is 1. The van der Waals surface area contributed by atoms with E-state index in [1.54, 1.807) is 12.3 Å². The molecule has 0 spiro atoms. The van der Waals surface area contributed by atoms with Crippen molar-refractivity contribution in [3.63, 3.8) is 0 Å². The first-order chi connectivity index (χ1) is 11.1. The lowest BCUT2D eigenvalue weighted by Gasteiger charge is -2.12. The van der Waals surface area contributed by atoms with Crippen LogP contribution in [0.25, 0.3) is 0 Å². The lowest BCUT2D eigenvalue weighted by Crippen LogP contribution is -2.33. The predicted octanol–water partition coefficient (Wildman–Crippen LogP) is 3.85. The van der Waals surface area contributed by atoms with Crippen molar-refractivity contribution in [3.05, 3.63) is 46.7 Å². The quantitative estimate of drug-likeness (QED) is 0.893. The van der Waals surface area contributed by atoms with Crippen LogP contribution in [0.4, 0.5) is 11.6 Å². The molecule has 1 aliphatic carbocycles. The highest BCUT2D eigenvalue weighted by molar-refractivity contribution is 6.31. The zero-order valence-corrected chi connectivity index (χ0v) is 13.7. The number of halogens is 1. The molecule has 6 heteroatoms. The molecule has 0 saturated heterocycles. The third kappa shape index (κ3) is 3.99. The van der Waals surface area contributed by atoms with Gasteiger partial charge in [0.05, 0.1) is 0 Å². The lowest BCUT2D eigenvalue weighted by molar-refractivity contribution is 0.0933. The standard InChI is InChI=1S/C17H19ClN4O/c1-11-6-7-13(10-14(11)18)21-17-19-9-8-15(22-17)16(23)20-12-4-2-3-5-12/h6-10,12H,2-5H2,1H3,(H,20,23)(H,19,21,22). The number of benzene rings is 1. The van der Waals surface area contributed by atoms with Crippen LogP contribution in [-0.2, 0) is 0 Å². The number of hydrogen-bond donors (Lipinski definition) is 2. The summed E-state index contributed by atoms with van der Waals surface area (Å²) in [6, 6.07) is 7.52. The summed E-state index contributed by atoms with van der Waals surface area (Å²) in [6.45, 7) is 1.94. The van der Waals surface area contributed by atoms with Crippen molar-refractivity contribution in [1.82, 2.24) is 15.3 Å². The molecule has 3 rings (SSSR count). The molecule has 1 amide bonds. The molecule has 0 unspecified atom stereocenters. The molecule has 1 aromatic heterocycles. The number of carbonyl (C=O) groups excluding carboxylic acids is 1. The van der Waals surface area contributed by atoms with Gasteiger partial charge in [-0.05, 0) is 43.5 Å². The fourth-order valence-corrected chi connectivity index (χ4v) is 2.86. The number of anilines is 2. The van der Waals surface area contributed by atoms with Gasteiger partial charge in [-0.15, -0.1) is 0 Å². The normalized spacial score (nSPS) is 14.7. The molecular formula is C17H19ClN4O. The van der Waals surface area contributed by atoms with Crippen LogP contribution in [0.15, 0.2) is 30.5 Å². The number of nitrogens with zero attached hydrogens (tertiary/aromatic N) is 2. The van der Waals surface area contributed by atoms with Gasteiger partial charge in [-0.2, -0.15) is 0 Å². The van der Waals surface area contributed by atoms with Gasteiger partial charge in [0, 0.05) is 22.9 Å². The van der Waals surface area contributed by atoms with E-state index in [-0.39, 0.29) is 11.9 Å². The van der Waals surface area contributed by atoms with Crippen LogP contribution in [0.2, 0.25) is 5.02 Å². The van der Waals surface area contributed by atoms with Crippen molar-refractivity contribution in [1.29, 1.82) is 0 Å². The molecule has 2 aromatic rings. The van der Waals surface area contributed by atoms with Gasteiger partial charge in [-0.1, -0.05) is 30.5 Å². The second-order valence-electron chi connectivity index (χ2n) is 5.81. The van der Waals surface area contributed by atoms with Crippen LogP contribution in [0.1, 0.15) is 41.7 Å². The van der Waals surface area contributed by atoms with Crippen molar-refractivity contribution in [2.75, 3.05) is 5.32 Å². The second-order valence-corrected chi connectivity index (χ2v) is 6.22. The molecule has 1 heterocycles. The number of hydrogen-bond acceptors (Lipinski definition) is 4. The van der Waals surface area contributed by atoms with E-state index < -0.39 is 0 Å². The molecule has 1 aliphatic rings. The highest BCUT2D eigenvalue weighted by Crippen LogP contribution is 2.22. The van der Waals surface area contributed by atoms with Gasteiger partial charge in [0.15, 0.2) is 0 Å². The molecule has 1 fully saturated rings. The third-order valence-corrected chi connectivity index (χ3v) is 4.41. The van der Waals surface area contributed by atoms with Gasteiger partial charge < -0.3 is 10.6 Å². The summed E-state index contributed by atoms with van der Waals surface area (Å²) >= 11 is 6.11. The molecule has 1 aromatic carbocycles. The zero-order valence-electron chi connectivity index (χ0n) is 13.0. The molecular weight excluding hydrogens is 312 g/mol. The van der Waals surface area contributed by atoms with Gasteiger partial charge >= 0.3 is 0 Å². The zero-order chi connectivity index (χ0) is 16.2. The summed E-state index contributed by atoms with van der Waals surface area (Å²) in [5, 5.41) is 6.77. The first-order valence-electron chi connectivity index (χ1n) is 7.79. The molecule has 1 saturated carbocycles. The minimum absolute atomic E-state index is 0.149. The van der Waals surface area contributed by atoms with Crippen LogP contribution in [0.5, 0.6) is 0 Å². The summed E-state index contributed by atoms with van der Waals surface area (Å²) in [5.74, 6) is 0.230. The minimum Gasteiger partial charge on any atom is -0.348 e. The Balaban J connectivity index is 1.71. The summed E-state index contributed by atoms with van der Waals surface area (Å²) in [7, 11) is 0. The Morgan fingerprint density at radius 1 is 1.26 bits per heavy atom. The molecule has 0 bridgehead atoms. The number of nitrogens with one attached hydrogen (secondary N) is 2. The number of amides is 1. The Morgan fingerprint density at radius 3 is 2.78 bits per heavy atom. The van der Waals surface area contributed by atoms with E-state index >= 15 is 0 Å². The lowest BCUT2D eigenvalue weighted by atomic mass is 10.2. The number of rotatable bonds is 4. The Kier molecular flexibility index (Phi) is 4.76. The Labute approximate surface area is 140 Å². The van der Waals surface area contributed by atoms with E-state index in [1.165, 1.54) is 12.8 Å². The molecule has 0 atom stereocenters. The van der Waals surface area contributed by atoms with Crippen molar-refractivity contribution in [3.8, 4) is 0 Å². The van der Waals surface area contributed by atoms with Gasteiger partial charge in [0.2, 0.25) is 5.95 Å². The van der Waals surface area contributed by atoms with Gasteiger partial charge in [-0.3, -0.25) is 4.79 Å². The first kappa shape index (κ1) is 15.7. The Morgan fingerprint density at radius 2 is 2.04 bits per heavy atom. The van der Waals surface area contributed by atoms with Crippen LogP contribution >= 0.6 is 11.6 Å². The van der Waals surface area contributed by atoms with E-state index in [0.29, 0.717) is 16.7 Å². The van der Waals surface area contributed by atoms with Crippen molar-refractivity contribution >= 4 is 29.1 Å². The van der Waals surface area contributed by atoms with Crippen LogP contribution in [0.3, 0.4) is 0 Å². The summed E-state index contributed by atoms with van der Waals surface area (Å²) in [6.07, 6.45) is 6.02. The number of aromatic nitrogens is 2. The average molecular weight is 331 g/mol. The highest BCUT2D eigenvalue weighted by atomic mass is 35.5. The maximum Gasteiger partial charge on any atom is 0.270 e. The highest BCUT2D eigenvalue weighted by Gasteiger charge is 2.18. The van der Waals surface area contributed by atoms with Gasteiger partial charge in [0.25, 0.3) is 5.91 Å². The Hall–Kier alpha value is -2.14. The topological polar surface area (TPSA) is 66.9 Å². The molecule has 120 valence electrons. The Bertz CT molecular complexity index is 713. The van der Waals surface area contributed by atoms with Crippen molar-refractivity contribution < 1.29 is 4.79 Å². The fraction of sp³-hybridized carbons (Fsp3) is 0.353. The van der Waals surface area contributed by atoms with Crippen molar-refractivity contribution in [2.45, 2.75) is 38.6 Å².